The fourth-order valence-corrected chi connectivity index (χ4v) is 3.28. The molecular weight excluding hydrogens is 226 g/mol. The molecule has 1 aliphatic rings. The monoisotopic (exact) mass is 251 g/mol. The molecule has 0 radical (unpaired) electrons. The highest BCUT2D eigenvalue weighted by atomic mass is 16.5. The fourth-order valence-electron chi connectivity index (χ4n) is 3.28. The molecule has 1 fully saturated rings. The summed E-state index contributed by atoms with van der Waals surface area (Å²) in [6.45, 7) is 3.93. The number of hydrogen-bond acceptors (Lipinski definition) is 3. The lowest BCUT2D eigenvalue weighted by atomic mass is 9.79. The summed E-state index contributed by atoms with van der Waals surface area (Å²) in [5.41, 5.74) is 1.65. The molecule has 0 saturated heterocycles. The van der Waals surface area contributed by atoms with Crippen molar-refractivity contribution in [1.82, 2.24) is 15.1 Å². The lowest BCUT2D eigenvalue weighted by Gasteiger charge is -2.34. The molecule has 2 rings (SSSR count). The Hall–Kier alpha value is -0.870. The van der Waals surface area contributed by atoms with E-state index >= 15 is 0 Å². The van der Waals surface area contributed by atoms with Crippen molar-refractivity contribution in [3.8, 4) is 0 Å². The second-order valence-electron chi connectivity index (χ2n) is 5.55. The van der Waals surface area contributed by atoms with E-state index in [1.807, 2.05) is 6.20 Å². The van der Waals surface area contributed by atoms with Crippen LogP contribution in [0.3, 0.4) is 0 Å². The summed E-state index contributed by atoms with van der Waals surface area (Å²) >= 11 is 0. The molecule has 1 aromatic heterocycles. The molecule has 1 saturated carbocycles. The molecule has 102 valence electrons. The molecule has 0 amide bonds. The summed E-state index contributed by atoms with van der Waals surface area (Å²) in [7, 11) is 3.79. The fraction of sp³-hybridized carbons (Fsp3) is 0.786. The van der Waals surface area contributed by atoms with Crippen molar-refractivity contribution in [2.45, 2.75) is 45.2 Å². The van der Waals surface area contributed by atoms with Crippen LogP contribution in [0.15, 0.2) is 12.3 Å². The molecule has 0 bridgehead atoms. The third-order valence-electron chi connectivity index (χ3n) is 4.28. The highest BCUT2D eigenvalue weighted by Gasteiger charge is 2.38. The predicted octanol–water partition coefficient (Wildman–Crippen LogP) is 2.37. The number of rotatable bonds is 6. The number of nitrogens with one attached hydrogen (secondary N) is 1. The smallest absolute Gasteiger partial charge is 0.0659 e. The van der Waals surface area contributed by atoms with Crippen LogP contribution >= 0.6 is 0 Å². The minimum absolute atomic E-state index is 0.361. The highest BCUT2D eigenvalue weighted by molar-refractivity contribution is 5.12. The van der Waals surface area contributed by atoms with Crippen molar-refractivity contribution in [3.05, 3.63) is 18.0 Å². The van der Waals surface area contributed by atoms with E-state index in [0.29, 0.717) is 18.1 Å². The van der Waals surface area contributed by atoms with Crippen LogP contribution in [0.2, 0.25) is 0 Å². The molecule has 0 aromatic carbocycles. The Kier molecular flexibility index (Phi) is 4.40. The van der Waals surface area contributed by atoms with Crippen LogP contribution < -0.4 is 5.32 Å². The first-order valence-electron chi connectivity index (χ1n) is 6.89. The van der Waals surface area contributed by atoms with E-state index in [2.05, 4.69) is 35.1 Å². The van der Waals surface area contributed by atoms with Crippen molar-refractivity contribution in [3.63, 3.8) is 0 Å². The van der Waals surface area contributed by atoms with Gasteiger partial charge in [-0.3, -0.25) is 4.68 Å². The molecule has 1 N–H and O–H groups in total. The van der Waals surface area contributed by atoms with E-state index in [1.54, 1.807) is 7.11 Å². The van der Waals surface area contributed by atoms with Gasteiger partial charge in [-0.2, -0.15) is 5.10 Å². The van der Waals surface area contributed by atoms with Crippen molar-refractivity contribution in [2.24, 2.45) is 5.41 Å². The second kappa shape index (κ2) is 5.85. The van der Waals surface area contributed by atoms with Crippen LogP contribution in [-0.2, 0) is 11.3 Å². The highest BCUT2D eigenvalue weighted by Crippen LogP contribution is 2.46. The summed E-state index contributed by atoms with van der Waals surface area (Å²) in [4.78, 5) is 0. The van der Waals surface area contributed by atoms with E-state index in [0.717, 1.165) is 6.54 Å². The summed E-state index contributed by atoms with van der Waals surface area (Å²) in [6, 6.07) is 2.53. The summed E-state index contributed by atoms with van der Waals surface area (Å²) in [5, 5.41) is 7.92. The zero-order chi connectivity index (χ0) is 13.0. The summed E-state index contributed by atoms with van der Waals surface area (Å²) in [5.74, 6) is 0. The van der Waals surface area contributed by atoms with E-state index in [1.165, 1.54) is 31.4 Å². The lowest BCUT2D eigenvalue weighted by Crippen LogP contribution is -2.34. The van der Waals surface area contributed by atoms with Gasteiger partial charge in [0.05, 0.1) is 24.9 Å². The van der Waals surface area contributed by atoms with Gasteiger partial charge in [-0.05, 0) is 31.4 Å². The molecule has 4 nitrogen and oxygen atoms in total. The van der Waals surface area contributed by atoms with Crippen LogP contribution in [0.1, 0.15) is 44.3 Å². The maximum absolute atomic E-state index is 5.15. The Balaban J connectivity index is 2.19. The van der Waals surface area contributed by atoms with Gasteiger partial charge >= 0.3 is 0 Å². The summed E-state index contributed by atoms with van der Waals surface area (Å²) < 4.78 is 7.23. The Bertz CT molecular complexity index is 369. The molecule has 4 heteroatoms. The molecular formula is C14H25N3O. The Morgan fingerprint density at radius 1 is 1.50 bits per heavy atom. The quantitative estimate of drug-likeness (QED) is 0.843. The van der Waals surface area contributed by atoms with Gasteiger partial charge in [0.25, 0.3) is 0 Å². The van der Waals surface area contributed by atoms with E-state index in [-0.39, 0.29) is 0 Å². The molecule has 1 aliphatic carbocycles. The minimum Gasteiger partial charge on any atom is -0.383 e. The number of nitrogens with zero attached hydrogens (tertiary/aromatic N) is 2. The first-order valence-corrected chi connectivity index (χ1v) is 6.89. The first-order chi connectivity index (χ1) is 8.71. The number of methoxy groups -OCH3 is 1. The van der Waals surface area contributed by atoms with Gasteiger partial charge < -0.3 is 10.1 Å². The SMILES string of the molecule is CNC(c1ccnn1CCOC)C1(C)CCCC1. The number of hydrogen-bond donors (Lipinski definition) is 1. The predicted molar refractivity (Wildman–Crippen MR) is 72.5 cm³/mol. The van der Waals surface area contributed by atoms with Gasteiger partial charge in [0.1, 0.15) is 0 Å². The van der Waals surface area contributed by atoms with Gasteiger partial charge in [-0.25, -0.2) is 0 Å². The third kappa shape index (κ3) is 2.59. The van der Waals surface area contributed by atoms with E-state index in [4.69, 9.17) is 4.74 Å². The van der Waals surface area contributed by atoms with Crippen molar-refractivity contribution in [1.29, 1.82) is 0 Å². The van der Waals surface area contributed by atoms with Gasteiger partial charge in [-0.15, -0.1) is 0 Å². The zero-order valence-electron chi connectivity index (χ0n) is 11.8. The van der Waals surface area contributed by atoms with Gasteiger partial charge in [0.15, 0.2) is 0 Å². The van der Waals surface area contributed by atoms with Crippen LogP contribution in [0.5, 0.6) is 0 Å². The van der Waals surface area contributed by atoms with Crippen LogP contribution in [-0.4, -0.2) is 30.5 Å². The lowest BCUT2D eigenvalue weighted by molar-refractivity contribution is 0.175. The average molecular weight is 251 g/mol. The van der Waals surface area contributed by atoms with Crippen molar-refractivity contribution in [2.75, 3.05) is 20.8 Å². The molecule has 0 aliphatic heterocycles. The maximum atomic E-state index is 5.15. The normalized spacial score (nSPS) is 20.2. The molecule has 1 aromatic rings. The molecule has 0 spiro atoms. The second-order valence-corrected chi connectivity index (χ2v) is 5.55. The van der Waals surface area contributed by atoms with E-state index in [9.17, 15) is 0 Å². The van der Waals surface area contributed by atoms with Crippen molar-refractivity contribution >= 4 is 0 Å². The minimum atomic E-state index is 0.361. The maximum Gasteiger partial charge on any atom is 0.0659 e. The third-order valence-corrected chi connectivity index (χ3v) is 4.28. The first kappa shape index (κ1) is 13.6. The van der Waals surface area contributed by atoms with Gasteiger partial charge in [0.2, 0.25) is 0 Å². The topological polar surface area (TPSA) is 39.1 Å². The molecule has 18 heavy (non-hydrogen) atoms. The number of ether oxygens (including phenoxy) is 1. The average Bonchev–Trinajstić information content (AvgIpc) is 2.98. The van der Waals surface area contributed by atoms with E-state index < -0.39 is 0 Å². The molecule has 1 heterocycles. The van der Waals surface area contributed by atoms with Crippen molar-refractivity contribution < 1.29 is 4.74 Å². The standard InChI is InChI=1S/C14H25N3O/c1-14(7-4-5-8-14)13(15-2)12-6-9-16-17(12)10-11-18-3/h6,9,13,15H,4-5,7-8,10-11H2,1-3H3. The van der Waals surface area contributed by atoms with Crippen LogP contribution in [0, 0.1) is 5.41 Å². The largest absolute Gasteiger partial charge is 0.383 e. The zero-order valence-corrected chi connectivity index (χ0v) is 11.8. The molecule has 1 atom stereocenters. The Labute approximate surface area is 110 Å². The van der Waals surface area contributed by atoms with Gasteiger partial charge in [-0.1, -0.05) is 19.8 Å². The summed E-state index contributed by atoms with van der Waals surface area (Å²) in [6.07, 6.45) is 7.19. The number of aromatic nitrogens is 2. The van der Waals surface area contributed by atoms with Gasteiger partial charge in [0, 0.05) is 13.3 Å². The molecule has 1 unspecified atom stereocenters. The van der Waals surface area contributed by atoms with Crippen LogP contribution in [0.4, 0.5) is 0 Å². The Morgan fingerprint density at radius 3 is 2.83 bits per heavy atom. The Morgan fingerprint density at radius 2 is 2.22 bits per heavy atom. The van der Waals surface area contributed by atoms with Crippen LogP contribution in [0.25, 0.3) is 0 Å².